The van der Waals surface area contributed by atoms with E-state index in [1.807, 2.05) is 31.2 Å². The van der Waals surface area contributed by atoms with Crippen LogP contribution in [0.2, 0.25) is 0 Å². The second-order valence-corrected chi connectivity index (χ2v) is 7.80. The summed E-state index contributed by atoms with van der Waals surface area (Å²) >= 11 is 0. The van der Waals surface area contributed by atoms with Gasteiger partial charge in [-0.05, 0) is 74.3 Å². The average molecular weight is 352 g/mol. The van der Waals surface area contributed by atoms with Crippen LogP contribution in [0.25, 0.3) is 0 Å². The Morgan fingerprint density at radius 1 is 1.46 bits per heavy atom. The predicted molar refractivity (Wildman–Crippen MR) is 103 cm³/mol. The molecule has 1 aliphatic carbocycles. The van der Waals surface area contributed by atoms with Crippen molar-refractivity contribution >= 4 is 11.6 Å². The summed E-state index contributed by atoms with van der Waals surface area (Å²) in [6.45, 7) is 10.3. The fourth-order valence-corrected chi connectivity index (χ4v) is 4.54. The Morgan fingerprint density at radius 2 is 2.23 bits per heavy atom. The second kappa shape index (κ2) is 7.32. The van der Waals surface area contributed by atoms with Crippen molar-refractivity contribution in [3.05, 3.63) is 59.2 Å². The Labute approximate surface area is 156 Å². The van der Waals surface area contributed by atoms with Crippen molar-refractivity contribution < 1.29 is 14.3 Å². The van der Waals surface area contributed by atoms with Crippen molar-refractivity contribution in [2.24, 2.45) is 11.8 Å². The number of carbonyl (C=O) groups excluding carboxylic acids is 2. The van der Waals surface area contributed by atoms with Gasteiger partial charge in [0.1, 0.15) is 0 Å². The first-order valence-corrected chi connectivity index (χ1v) is 9.47. The number of hydrogen-bond donors (Lipinski definition) is 0. The first-order valence-electron chi connectivity index (χ1n) is 9.47. The van der Waals surface area contributed by atoms with E-state index in [9.17, 15) is 9.59 Å². The SMILES string of the molecule is C=CCC1C[C@]2([C@@H](C)Cc3ccc(C)c(C(C)=O)c3)OCCC2=CC1=O. The number of allylic oxidation sites excluding steroid dienone is 2. The van der Waals surface area contributed by atoms with E-state index in [1.54, 1.807) is 6.92 Å². The van der Waals surface area contributed by atoms with Gasteiger partial charge in [-0.2, -0.15) is 0 Å². The number of carbonyl (C=O) groups is 2. The van der Waals surface area contributed by atoms with Gasteiger partial charge in [0.15, 0.2) is 11.6 Å². The summed E-state index contributed by atoms with van der Waals surface area (Å²) in [5.74, 6) is 0.506. The van der Waals surface area contributed by atoms with Crippen molar-refractivity contribution in [1.82, 2.24) is 0 Å². The van der Waals surface area contributed by atoms with Crippen LogP contribution in [0, 0.1) is 18.8 Å². The Balaban J connectivity index is 1.88. The molecule has 1 aliphatic heterocycles. The molecule has 1 heterocycles. The highest BCUT2D eigenvalue weighted by molar-refractivity contribution is 5.95. The van der Waals surface area contributed by atoms with Gasteiger partial charge in [0.05, 0.1) is 12.2 Å². The molecule has 1 aromatic carbocycles. The van der Waals surface area contributed by atoms with Crippen molar-refractivity contribution in [2.45, 2.75) is 52.1 Å². The normalized spacial score (nSPS) is 26.2. The number of aryl methyl sites for hydroxylation is 1. The monoisotopic (exact) mass is 352 g/mol. The highest BCUT2D eigenvalue weighted by Crippen LogP contribution is 2.47. The van der Waals surface area contributed by atoms with Gasteiger partial charge in [-0.15, -0.1) is 6.58 Å². The van der Waals surface area contributed by atoms with Crippen LogP contribution in [-0.2, 0) is 16.0 Å². The lowest BCUT2D eigenvalue weighted by Crippen LogP contribution is -2.44. The van der Waals surface area contributed by atoms with Gasteiger partial charge in [0.25, 0.3) is 0 Å². The van der Waals surface area contributed by atoms with E-state index in [2.05, 4.69) is 19.6 Å². The van der Waals surface area contributed by atoms with Crippen LogP contribution in [0.3, 0.4) is 0 Å². The van der Waals surface area contributed by atoms with Crippen LogP contribution in [-0.4, -0.2) is 23.8 Å². The largest absolute Gasteiger partial charge is 0.370 e. The number of hydrogen-bond acceptors (Lipinski definition) is 3. The maximum absolute atomic E-state index is 12.4. The third-order valence-corrected chi connectivity index (χ3v) is 6.01. The molecule has 3 heteroatoms. The maximum atomic E-state index is 12.4. The number of benzene rings is 1. The molecule has 138 valence electrons. The zero-order valence-corrected chi connectivity index (χ0v) is 16.0. The third kappa shape index (κ3) is 3.33. The summed E-state index contributed by atoms with van der Waals surface area (Å²) in [4.78, 5) is 24.2. The Morgan fingerprint density at radius 3 is 2.92 bits per heavy atom. The van der Waals surface area contributed by atoms with Gasteiger partial charge in [0.2, 0.25) is 0 Å². The summed E-state index contributed by atoms with van der Waals surface area (Å²) < 4.78 is 6.28. The first-order chi connectivity index (χ1) is 12.4. The van der Waals surface area contributed by atoms with Crippen molar-refractivity contribution in [3.63, 3.8) is 0 Å². The fourth-order valence-electron chi connectivity index (χ4n) is 4.54. The molecule has 1 unspecified atom stereocenters. The van der Waals surface area contributed by atoms with Gasteiger partial charge in [-0.3, -0.25) is 9.59 Å². The highest BCUT2D eigenvalue weighted by Gasteiger charge is 2.49. The summed E-state index contributed by atoms with van der Waals surface area (Å²) in [5, 5.41) is 0. The van der Waals surface area contributed by atoms with Crippen molar-refractivity contribution in [1.29, 1.82) is 0 Å². The van der Waals surface area contributed by atoms with Gasteiger partial charge in [-0.25, -0.2) is 0 Å². The van der Waals surface area contributed by atoms with E-state index in [4.69, 9.17) is 4.74 Å². The summed E-state index contributed by atoms with van der Waals surface area (Å²) in [6.07, 6.45) is 6.75. The molecule has 26 heavy (non-hydrogen) atoms. The Kier molecular flexibility index (Phi) is 5.29. The minimum absolute atomic E-state index is 0.0393. The molecule has 1 saturated heterocycles. The molecule has 1 fully saturated rings. The molecule has 2 aliphatic rings. The zero-order valence-electron chi connectivity index (χ0n) is 16.0. The van der Waals surface area contributed by atoms with Crippen molar-refractivity contribution in [2.75, 3.05) is 6.61 Å². The first kappa shape index (κ1) is 18.8. The molecule has 3 nitrogen and oxygen atoms in total. The number of fused-ring (bicyclic) bond motifs is 1. The van der Waals surface area contributed by atoms with E-state index in [1.165, 1.54) is 0 Å². The summed E-state index contributed by atoms with van der Waals surface area (Å²) in [6, 6.07) is 6.13. The Hall–Kier alpha value is -2.00. The van der Waals surface area contributed by atoms with E-state index in [-0.39, 0.29) is 29.0 Å². The molecule has 0 N–H and O–H groups in total. The Bertz CT molecular complexity index is 774. The topological polar surface area (TPSA) is 43.4 Å². The van der Waals surface area contributed by atoms with E-state index in [0.29, 0.717) is 13.0 Å². The molecule has 0 bridgehead atoms. The lowest BCUT2D eigenvalue weighted by Gasteiger charge is -2.41. The number of ketones is 2. The quantitative estimate of drug-likeness (QED) is 0.554. The molecule has 0 aromatic heterocycles. The number of ether oxygens (including phenoxy) is 1. The van der Waals surface area contributed by atoms with Crippen LogP contribution >= 0.6 is 0 Å². The van der Waals surface area contributed by atoms with Crippen LogP contribution in [0.4, 0.5) is 0 Å². The summed E-state index contributed by atoms with van der Waals surface area (Å²) in [5.41, 5.74) is 3.74. The molecule has 3 atom stereocenters. The lowest BCUT2D eigenvalue weighted by atomic mass is 9.68. The minimum atomic E-state index is -0.358. The molecule has 0 radical (unpaired) electrons. The third-order valence-electron chi connectivity index (χ3n) is 6.01. The molecular formula is C23H28O3. The fraction of sp³-hybridized carbons (Fsp3) is 0.478. The maximum Gasteiger partial charge on any atom is 0.160 e. The lowest BCUT2D eigenvalue weighted by molar-refractivity contribution is -0.123. The van der Waals surface area contributed by atoms with Crippen LogP contribution in [0.1, 0.15) is 54.6 Å². The van der Waals surface area contributed by atoms with Gasteiger partial charge >= 0.3 is 0 Å². The van der Waals surface area contributed by atoms with Crippen LogP contribution in [0.5, 0.6) is 0 Å². The van der Waals surface area contributed by atoms with Crippen molar-refractivity contribution in [3.8, 4) is 0 Å². The van der Waals surface area contributed by atoms with Gasteiger partial charge < -0.3 is 4.74 Å². The second-order valence-electron chi connectivity index (χ2n) is 7.80. The standard InChI is InChI=1S/C23H28O3/c1-5-6-19-14-23(20(9-10-26-23)13-22(19)25)16(3)11-18-8-7-15(2)21(12-18)17(4)24/h5,7-8,12-13,16,19H,1,6,9-11,14H2,2-4H3/t16-,19?,23+/m0/s1. The summed E-state index contributed by atoms with van der Waals surface area (Å²) in [7, 11) is 0. The molecule has 0 spiro atoms. The van der Waals surface area contributed by atoms with Crippen LogP contribution in [0.15, 0.2) is 42.5 Å². The predicted octanol–water partition coefficient (Wildman–Crippen LogP) is 4.63. The zero-order chi connectivity index (χ0) is 18.9. The highest BCUT2D eigenvalue weighted by atomic mass is 16.5. The van der Waals surface area contributed by atoms with Crippen LogP contribution < -0.4 is 0 Å². The van der Waals surface area contributed by atoms with E-state index >= 15 is 0 Å². The number of rotatable bonds is 6. The smallest absolute Gasteiger partial charge is 0.160 e. The molecular weight excluding hydrogens is 324 g/mol. The van der Waals surface area contributed by atoms with E-state index in [0.717, 1.165) is 41.5 Å². The van der Waals surface area contributed by atoms with Gasteiger partial charge in [-0.1, -0.05) is 25.1 Å². The minimum Gasteiger partial charge on any atom is -0.370 e. The molecule has 0 saturated carbocycles. The average Bonchev–Trinajstić information content (AvgIpc) is 3.00. The molecule has 3 rings (SSSR count). The molecule has 0 amide bonds. The number of Topliss-reactive ketones (excluding diaryl/α,β-unsaturated/α-hetero) is 1. The molecule has 1 aromatic rings. The van der Waals surface area contributed by atoms with Gasteiger partial charge in [0, 0.05) is 11.5 Å². The van der Waals surface area contributed by atoms with E-state index < -0.39 is 0 Å².